The van der Waals surface area contributed by atoms with Crippen molar-refractivity contribution in [2.24, 2.45) is 5.92 Å². The minimum atomic E-state index is -0.103. The van der Waals surface area contributed by atoms with Crippen LogP contribution in [0.1, 0.15) is 32.3 Å². The molecule has 1 N–H and O–H groups in total. The fourth-order valence-corrected chi connectivity index (χ4v) is 4.35. The van der Waals surface area contributed by atoms with Crippen LogP contribution in [0.25, 0.3) is 0 Å². The van der Waals surface area contributed by atoms with E-state index >= 15 is 0 Å². The number of amides is 2. The van der Waals surface area contributed by atoms with Crippen molar-refractivity contribution >= 4 is 34.5 Å². The first kappa shape index (κ1) is 16.2. The van der Waals surface area contributed by atoms with Crippen LogP contribution in [0.2, 0.25) is 0 Å². The van der Waals surface area contributed by atoms with Gasteiger partial charge in [-0.3, -0.25) is 9.59 Å². The second-order valence-electron chi connectivity index (χ2n) is 5.80. The monoisotopic (exact) mass is 348 g/mol. The number of aryl methyl sites for hydroxylation is 1. The summed E-state index contributed by atoms with van der Waals surface area (Å²) in [6.07, 6.45) is 1.73. The minimum Gasteiger partial charge on any atom is -0.351 e. The van der Waals surface area contributed by atoms with Crippen LogP contribution >= 0.6 is 22.7 Å². The first-order valence-electron chi connectivity index (χ1n) is 7.79. The van der Waals surface area contributed by atoms with E-state index in [-0.39, 0.29) is 17.7 Å². The Hall–Kier alpha value is -1.66. The summed E-state index contributed by atoms with van der Waals surface area (Å²) < 4.78 is 0. The van der Waals surface area contributed by atoms with Gasteiger partial charge in [-0.2, -0.15) is 0 Å². The highest BCUT2D eigenvalue weighted by atomic mass is 32.1. The summed E-state index contributed by atoms with van der Waals surface area (Å²) in [4.78, 5) is 29.8. The van der Waals surface area contributed by atoms with Gasteiger partial charge in [-0.1, -0.05) is 6.07 Å². The third-order valence-corrected chi connectivity index (χ3v) is 5.90. The van der Waals surface area contributed by atoms with Crippen molar-refractivity contribution in [3.8, 4) is 0 Å². The van der Waals surface area contributed by atoms with Gasteiger partial charge in [0, 0.05) is 22.8 Å². The van der Waals surface area contributed by atoms with Crippen LogP contribution in [0, 0.1) is 12.8 Å². The van der Waals surface area contributed by atoms with E-state index in [1.165, 1.54) is 16.2 Å². The van der Waals surface area contributed by atoms with Gasteiger partial charge in [-0.05, 0) is 43.3 Å². The molecule has 2 aromatic heterocycles. The highest BCUT2D eigenvalue weighted by molar-refractivity contribution is 7.12. The average molecular weight is 348 g/mol. The topological polar surface area (TPSA) is 49.4 Å². The van der Waals surface area contributed by atoms with Crippen molar-refractivity contribution in [2.75, 3.05) is 13.1 Å². The molecule has 1 saturated heterocycles. The summed E-state index contributed by atoms with van der Waals surface area (Å²) in [5.74, 6) is -0.000152. The zero-order chi connectivity index (χ0) is 16.2. The minimum absolute atomic E-state index is 0.0476. The van der Waals surface area contributed by atoms with Crippen molar-refractivity contribution in [3.63, 3.8) is 0 Å². The van der Waals surface area contributed by atoms with Gasteiger partial charge in [0.2, 0.25) is 5.91 Å². The SMILES string of the molecule is Cc1ccc(CNC(=O)C2CCCN(C(=O)c3cccs3)C2)s1. The van der Waals surface area contributed by atoms with E-state index in [1.54, 1.807) is 11.3 Å². The smallest absolute Gasteiger partial charge is 0.263 e. The largest absolute Gasteiger partial charge is 0.351 e. The molecule has 1 aliphatic rings. The fourth-order valence-electron chi connectivity index (χ4n) is 2.83. The molecule has 4 nitrogen and oxygen atoms in total. The lowest BCUT2D eigenvalue weighted by molar-refractivity contribution is -0.126. The maximum absolute atomic E-state index is 12.4. The van der Waals surface area contributed by atoms with E-state index in [0.717, 1.165) is 29.1 Å². The number of carbonyl (C=O) groups is 2. The van der Waals surface area contributed by atoms with Crippen molar-refractivity contribution in [1.82, 2.24) is 10.2 Å². The molecule has 3 heterocycles. The third kappa shape index (κ3) is 4.00. The number of carbonyl (C=O) groups excluding carboxylic acids is 2. The summed E-state index contributed by atoms with van der Waals surface area (Å²) in [6.45, 7) is 3.90. The molecule has 1 unspecified atom stereocenters. The molecule has 1 aliphatic heterocycles. The van der Waals surface area contributed by atoms with E-state index in [0.29, 0.717) is 13.1 Å². The molecule has 3 rings (SSSR count). The Kier molecular flexibility index (Phi) is 5.13. The van der Waals surface area contributed by atoms with Gasteiger partial charge in [0.05, 0.1) is 17.3 Å². The lowest BCUT2D eigenvalue weighted by atomic mass is 9.97. The maximum atomic E-state index is 12.4. The summed E-state index contributed by atoms with van der Waals surface area (Å²) >= 11 is 3.16. The van der Waals surface area contributed by atoms with Crippen molar-refractivity contribution in [3.05, 3.63) is 44.3 Å². The Balaban J connectivity index is 1.55. The molecule has 122 valence electrons. The number of piperidine rings is 1. The van der Waals surface area contributed by atoms with Gasteiger partial charge in [-0.15, -0.1) is 22.7 Å². The summed E-state index contributed by atoms with van der Waals surface area (Å²) in [5, 5.41) is 4.92. The maximum Gasteiger partial charge on any atom is 0.263 e. The quantitative estimate of drug-likeness (QED) is 0.922. The van der Waals surface area contributed by atoms with Crippen LogP contribution in [0.4, 0.5) is 0 Å². The van der Waals surface area contributed by atoms with E-state index in [1.807, 2.05) is 28.5 Å². The van der Waals surface area contributed by atoms with Crippen LogP contribution in [0.15, 0.2) is 29.6 Å². The zero-order valence-electron chi connectivity index (χ0n) is 13.1. The van der Waals surface area contributed by atoms with E-state index in [2.05, 4.69) is 18.3 Å². The first-order chi connectivity index (χ1) is 11.1. The number of hydrogen-bond donors (Lipinski definition) is 1. The number of hydrogen-bond acceptors (Lipinski definition) is 4. The molecule has 1 atom stereocenters. The zero-order valence-corrected chi connectivity index (χ0v) is 14.7. The molecule has 0 spiro atoms. The Morgan fingerprint density at radius 3 is 2.91 bits per heavy atom. The van der Waals surface area contributed by atoms with Crippen molar-refractivity contribution < 1.29 is 9.59 Å². The lowest BCUT2D eigenvalue weighted by Gasteiger charge is -2.31. The molecule has 6 heteroatoms. The predicted octanol–water partition coefficient (Wildman–Crippen LogP) is 3.29. The molecule has 23 heavy (non-hydrogen) atoms. The normalized spacial score (nSPS) is 18.0. The van der Waals surface area contributed by atoms with Crippen LogP contribution in [0.5, 0.6) is 0 Å². The molecular weight excluding hydrogens is 328 g/mol. The number of thiophene rings is 2. The molecule has 0 radical (unpaired) electrons. The summed E-state index contributed by atoms with van der Waals surface area (Å²) in [7, 11) is 0. The van der Waals surface area contributed by atoms with Gasteiger partial charge >= 0.3 is 0 Å². The first-order valence-corrected chi connectivity index (χ1v) is 9.49. The Morgan fingerprint density at radius 1 is 1.35 bits per heavy atom. The number of nitrogens with one attached hydrogen (secondary N) is 1. The van der Waals surface area contributed by atoms with E-state index < -0.39 is 0 Å². The van der Waals surface area contributed by atoms with Gasteiger partial charge in [0.1, 0.15) is 0 Å². The summed E-state index contributed by atoms with van der Waals surface area (Å²) in [6, 6.07) is 7.84. The fraction of sp³-hybridized carbons (Fsp3) is 0.412. The van der Waals surface area contributed by atoms with Gasteiger partial charge in [-0.25, -0.2) is 0 Å². The highest BCUT2D eigenvalue weighted by Crippen LogP contribution is 2.21. The van der Waals surface area contributed by atoms with Crippen LogP contribution in [0.3, 0.4) is 0 Å². The standard InChI is InChI=1S/C17H20N2O2S2/c1-12-6-7-14(23-12)10-18-16(20)13-4-2-8-19(11-13)17(21)15-5-3-9-22-15/h3,5-7,9,13H,2,4,8,10-11H2,1H3,(H,18,20). The average Bonchev–Trinajstić information content (AvgIpc) is 3.23. The molecule has 2 aromatic rings. The second-order valence-corrected chi connectivity index (χ2v) is 8.12. The molecule has 0 bridgehead atoms. The third-order valence-electron chi connectivity index (χ3n) is 4.04. The van der Waals surface area contributed by atoms with E-state index in [9.17, 15) is 9.59 Å². The molecule has 2 amide bonds. The Bertz CT molecular complexity index is 679. The number of nitrogens with zero attached hydrogens (tertiary/aromatic N) is 1. The van der Waals surface area contributed by atoms with Crippen LogP contribution in [-0.2, 0) is 11.3 Å². The van der Waals surface area contributed by atoms with Crippen LogP contribution in [-0.4, -0.2) is 29.8 Å². The number of likely N-dealkylation sites (tertiary alicyclic amines) is 1. The van der Waals surface area contributed by atoms with Crippen molar-refractivity contribution in [2.45, 2.75) is 26.3 Å². The Labute approximate surface area is 144 Å². The second kappa shape index (κ2) is 7.27. The number of rotatable bonds is 4. The lowest BCUT2D eigenvalue weighted by Crippen LogP contribution is -2.45. The highest BCUT2D eigenvalue weighted by Gasteiger charge is 2.29. The predicted molar refractivity (Wildman–Crippen MR) is 93.8 cm³/mol. The van der Waals surface area contributed by atoms with Crippen LogP contribution < -0.4 is 5.32 Å². The molecule has 0 aromatic carbocycles. The van der Waals surface area contributed by atoms with Gasteiger partial charge in [0.15, 0.2) is 0 Å². The van der Waals surface area contributed by atoms with Crippen molar-refractivity contribution in [1.29, 1.82) is 0 Å². The molecule has 1 fully saturated rings. The van der Waals surface area contributed by atoms with Gasteiger partial charge in [0.25, 0.3) is 5.91 Å². The summed E-state index contributed by atoms with van der Waals surface area (Å²) in [5.41, 5.74) is 0. The molecule has 0 saturated carbocycles. The molecular formula is C17H20N2O2S2. The van der Waals surface area contributed by atoms with Gasteiger partial charge < -0.3 is 10.2 Å². The molecule has 0 aliphatic carbocycles. The Morgan fingerprint density at radius 2 is 2.22 bits per heavy atom. The van der Waals surface area contributed by atoms with E-state index in [4.69, 9.17) is 0 Å².